The molecular formula is C20H28N4O. The maximum atomic E-state index is 12.9. The molecule has 2 aliphatic rings. The van der Waals surface area contributed by atoms with Crippen molar-refractivity contribution in [3.8, 4) is 0 Å². The summed E-state index contributed by atoms with van der Waals surface area (Å²) in [5, 5.41) is 3.21. The Morgan fingerprint density at radius 2 is 1.96 bits per heavy atom. The van der Waals surface area contributed by atoms with Crippen molar-refractivity contribution in [2.75, 3.05) is 0 Å². The number of hydrogen-bond donors (Lipinski definition) is 2. The average molecular weight is 340 g/mol. The number of hydrogen-bond acceptors (Lipinski definition) is 3. The second-order valence-electron chi connectivity index (χ2n) is 8.09. The van der Waals surface area contributed by atoms with Gasteiger partial charge in [-0.1, -0.05) is 12.1 Å². The molecule has 1 amide bonds. The van der Waals surface area contributed by atoms with Crippen LogP contribution >= 0.6 is 0 Å². The highest BCUT2D eigenvalue weighted by molar-refractivity contribution is 5.81. The predicted molar refractivity (Wildman–Crippen MR) is 99.0 cm³/mol. The molecule has 1 aromatic carbocycles. The molecule has 2 fully saturated rings. The molecule has 5 unspecified atom stereocenters. The molecule has 1 aromatic heterocycles. The Morgan fingerprint density at radius 1 is 1.24 bits per heavy atom. The summed E-state index contributed by atoms with van der Waals surface area (Å²) in [6.07, 6.45) is 3.46. The minimum atomic E-state index is -0.131. The molecule has 5 atom stereocenters. The number of carbonyl (C=O) groups is 1. The number of fused-ring (bicyclic) bond motifs is 3. The number of rotatable bonds is 4. The van der Waals surface area contributed by atoms with E-state index in [1.807, 2.05) is 25.1 Å². The first-order valence-corrected chi connectivity index (χ1v) is 9.50. The third-order valence-electron chi connectivity index (χ3n) is 6.17. The van der Waals surface area contributed by atoms with Gasteiger partial charge in [-0.3, -0.25) is 4.79 Å². The fourth-order valence-corrected chi connectivity index (χ4v) is 5.01. The van der Waals surface area contributed by atoms with E-state index >= 15 is 0 Å². The minimum Gasteiger partial charge on any atom is -0.346 e. The summed E-state index contributed by atoms with van der Waals surface area (Å²) in [6.45, 7) is 6.33. The fourth-order valence-electron chi connectivity index (χ4n) is 5.01. The monoisotopic (exact) mass is 340 g/mol. The Hall–Kier alpha value is -1.88. The van der Waals surface area contributed by atoms with Crippen LogP contribution in [0.2, 0.25) is 0 Å². The van der Waals surface area contributed by atoms with Crippen LogP contribution < -0.4 is 11.1 Å². The van der Waals surface area contributed by atoms with Crippen molar-refractivity contribution < 1.29 is 4.79 Å². The summed E-state index contributed by atoms with van der Waals surface area (Å²) in [6, 6.07) is 8.32. The van der Waals surface area contributed by atoms with Crippen LogP contribution in [0.1, 0.15) is 57.9 Å². The van der Waals surface area contributed by atoms with E-state index in [1.165, 1.54) is 6.42 Å². The van der Waals surface area contributed by atoms with Crippen molar-refractivity contribution in [1.29, 1.82) is 0 Å². The van der Waals surface area contributed by atoms with Gasteiger partial charge in [-0.15, -0.1) is 0 Å². The molecule has 0 radical (unpaired) electrons. The third-order valence-corrected chi connectivity index (χ3v) is 6.17. The topological polar surface area (TPSA) is 72.9 Å². The molecule has 2 bridgehead atoms. The van der Waals surface area contributed by atoms with E-state index in [0.717, 1.165) is 29.7 Å². The van der Waals surface area contributed by atoms with Gasteiger partial charge >= 0.3 is 0 Å². The molecule has 2 saturated carbocycles. The Kier molecular flexibility index (Phi) is 4.07. The van der Waals surface area contributed by atoms with Crippen molar-refractivity contribution >= 4 is 16.9 Å². The minimum absolute atomic E-state index is 0.0230. The standard InChI is InChI=1S/C20H28N4O/c1-11(2)24-16-7-5-4-6-15(16)23-19(24)12(3)22-20(25)17-13-8-9-14(10-13)18(17)21/h4-7,11-14,17-18H,8-10,21H2,1-3H3,(H,22,25). The van der Waals surface area contributed by atoms with E-state index in [9.17, 15) is 4.79 Å². The van der Waals surface area contributed by atoms with Gasteiger partial charge in [0.15, 0.2) is 0 Å². The zero-order chi connectivity index (χ0) is 17.7. The number of aromatic nitrogens is 2. The molecule has 0 spiro atoms. The van der Waals surface area contributed by atoms with Crippen LogP contribution in [0.3, 0.4) is 0 Å². The molecule has 3 N–H and O–H groups in total. The fraction of sp³-hybridized carbons (Fsp3) is 0.600. The Labute approximate surface area is 149 Å². The third kappa shape index (κ3) is 2.65. The molecule has 2 aliphatic carbocycles. The van der Waals surface area contributed by atoms with Gasteiger partial charge in [0.05, 0.1) is 23.0 Å². The SMILES string of the molecule is CC(NC(=O)C1C2CCC(C2)C1N)c1nc2ccccc2n1C(C)C. The Balaban J connectivity index is 1.59. The van der Waals surface area contributed by atoms with Crippen LogP contribution in [0, 0.1) is 17.8 Å². The second kappa shape index (κ2) is 6.13. The summed E-state index contributed by atoms with van der Waals surface area (Å²) in [4.78, 5) is 17.7. The van der Waals surface area contributed by atoms with Crippen LogP contribution in [0.5, 0.6) is 0 Å². The van der Waals surface area contributed by atoms with Crippen LogP contribution in [0.15, 0.2) is 24.3 Å². The molecule has 2 aromatic rings. The van der Waals surface area contributed by atoms with Gasteiger partial charge in [-0.25, -0.2) is 4.98 Å². The number of imidazole rings is 1. The lowest BCUT2D eigenvalue weighted by molar-refractivity contribution is -0.127. The van der Waals surface area contributed by atoms with E-state index in [4.69, 9.17) is 10.7 Å². The van der Waals surface area contributed by atoms with Crippen LogP contribution in [-0.2, 0) is 4.79 Å². The zero-order valence-electron chi connectivity index (χ0n) is 15.3. The molecule has 0 aliphatic heterocycles. The maximum absolute atomic E-state index is 12.9. The number of nitrogens with two attached hydrogens (primary N) is 1. The van der Waals surface area contributed by atoms with E-state index < -0.39 is 0 Å². The van der Waals surface area contributed by atoms with Crippen LogP contribution in [-0.4, -0.2) is 21.5 Å². The molecule has 0 saturated heterocycles. The van der Waals surface area contributed by atoms with Crippen molar-refractivity contribution in [1.82, 2.24) is 14.9 Å². The van der Waals surface area contributed by atoms with Gasteiger partial charge in [-0.05, 0) is 64.0 Å². The molecule has 5 heteroatoms. The lowest BCUT2D eigenvalue weighted by atomic mass is 9.84. The quantitative estimate of drug-likeness (QED) is 0.898. The number of amides is 1. The number of nitrogens with zero attached hydrogens (tertiary/aromatic N) is 2. The van der Waals surface area contributed by atoms with Crippen LogP contribution in [0.25, 0.3) is 11.0 Å². The highest BCUT2D eigenvalue weighted by Crippen LogP contribution is 2.47. The summed E-state index contributed by atoms with van der Waals surface area (Å²) >= 11 is 0. The number of benzene rings is 1. The van der Waals surface area contributed by atoms with Gasteiger partial charge in [0.2, 0.25) is 5.91 Å². The highest BCUT2D eigenvalue weighted by atomic mass is 16.2. The smallest absolute Gasteiger partial charge is 0.225 e. The number of carbonyl (C=O) groups excluding carboxylic acids is 1. The predicted octanol–water partition coefficient (Wildman–Crippen LogP) is 3.17. The lowest BCUT2D eigenvalue weighted by Gasteiger charge is -2.28. The van der Waals surface area contributed by atoms with Gasteiger partial charge in [0.1, 0.15) is 5.82 Å². The summed E-state index contributed by atoms with van der Waals surface area (Å²) in [7, 11) is 0. The van der Waals surface area contributed by atoms with Crippen molar-refractivity contribution in [3.05, 3.63) is 30.1 Å². The average Bonchev–Trinajstić information content (AvgIpc) is 3.26. The first-order chi connectivity index (χ1) is 12.0. The summed E-state index contributed by atoms with van der Waals surface area (Å²) < 4.78 is 2.22. The first-order valence-electron chi connectivity index (χ1n) is 9.50. The number of nitrogens with one attached hydrogen (secondary N) is 1. The lowest BCUT2D eigenvalue weighted by Crippen LogP contribution is -2.46. The summed E-state index contributed by atoms with van der Waals surface area (Å²) in [5.74, 6) is 2.00. The Morgan fingerprint density at radius 3 is 2.64 bits per heavy atom. The molecule has 5 nitrogen and oxygen atoms in total. The second-order valence-corrected chi connectivity index (χ2v) is 8.09. The first kappa shape index (κ1) is 16.6. The van der Waals surface area contributed by atoms with Gasteiger partial charge in [0, 0.05) is 12.1 Å². The molecule has 4 rings (SSSR count). The van der Waals surface area contributed by atoms with Crippen molar-refractivity contribution in [2.45, 2.75) is 58.2 Å². The van der Waals surface area contributed by atoms with E-state index in [2.05, 4.69) is 29.8 Å². The molecular weight excluding hydrogens is 312 g/mol. The molecule has 134 valence electrons. The zero-order valence-corrected chi connectivity index (χ0v) is 15.3. The van der Waals surface area contributed by atoms with E-state index in [1.54, 1.807) is 0 Å². The van der Waals surface area contributed by atoms with E-state index in [0.29, 0.717) is 11.8 Å². The Bertz CT molecular complexity index is 794. The number of para-hydroxylation sites is 2. The highest BCUT2D eigenvalue weighted by Gasteiger charge is 2.49. The van der Waals surface area contributed by atoms with Gasteiger partial charge in [0.25, 0.3) is 0 Å². The van der Waals surface area contributed by atoms with Crippen molar-refractivity contribution in [2.24, 2.45) is 23.5 Å². The molecule has 1 heterocycles. The maximum Gasteiger partial charge on any atom is 0.225 e. The van der Waals surface area contributed by atoms with Crippen molar-refractivity contribution in [3.63, 3.8) is 0 Å². The normalized spacial score (nSPS) is 29.5. The van der Waals surface area contributed by atoms with Gasteiger partial charge in [-0.2, -0.15) is 0 Å². The largest absolute Gasteiger partial charge is 0.346 e. The van der Waals surface area contributed by atoms with Crippen LogP contribution in [0.4, 0.5) is 0 Å². The van der Waals surface area contributed by atoms with E-state index in [-0.39, 0.29) is 30.0 Å². The summed E-state index contributed by atoms with van der Waals surface area (Å²) in [5.41, 5.74) is 8.43. The van der Waals surface area contributed by atoms with Gasteiger partial charge < -0.3 is 15.6 Å². The molecule has 25 heavy (non-hydrogen) atoms.